The second-order valence-corrected chi connectivity index (χ2v) is 9.27. The third-order valence-electron chi connectivity index (χ3n) is 5.52. The van der Waals surface area contributed by atoms with Crippen molar-refractivity contribution in [2.75, 3.05) is 18.7 Å². The summed E-state index contributed by atoms with van der Waals surface area (Å²) in [5.74, 6) is 1.09. The first-order valence-electron chi connectivity index (χ1n) is 10.9. The molecular formula is C26H19N7OS2. The van der Waals surface area contributed by atoms with Gasteiger partial charge in [-0.05, 0) is 30.5 Å². The number of thioether (sulfide) groups is 1. The molecule has 8 nitrogen and oxygen atoms in total. The lowest BCUT2D eigenvalue weighted by Gasteiger charge is -2.11. The Kier molecular flexibility index (Phi) is 6.54. The van der Waals surface area contributed by atoms with Gasteiger partial charge in [0.2, 0.25) is 0 Å². The Morgan fingerprint density at radius 1 is 1.00 bits per heavy atom. The first kappa shape index (κ1) is 23.4. The number of fused-ring (bicyclic) bond motifs is 1. The van der Waals surface area contributed by atoms with Crippen LogP contribution in [0.5, 0.6) is 5.75 Å². The SMILES string of the molecule is COc1ccc(-c2c(C#N)c(SC)nc3c(C#N)c(NCc4csc(-c5ccccc5)n4)nn23)cc1. The lowest BCUT2D eigenvalue weighted by atomic mass is 10.1. The molecule has 10 heteroatoms. The number of methoxy groups -OCH3 is 1. The highest BCUT2D eigenvalue weighted by molar-refractivity contribution is 7.98. The van der Waals surface area contributed by atoms with Gasteiger partial charge >= 0.3 is 0 Å². The third kappa shape index (κ3) is 4.24. The second-order valence-electron chi connectivity index (χ2n) is 7.62. The highest BCUT2D eigenvalue weighted by atomic mass is 32.2. The zero-order valence-corrected chi connectivity index (χ0v) is 21.0. The Morgan fingerprint density at radius 3 is 2.42 bits per heavy atom. The van der Waals surface area contributed by atoms with E-state index in [-0.39, 0.29) is 0 Å². The van der Waals surface area contributed by atoms with E-state index in [0.29, 0.717) is 45.6 Å². The summed E-state index contributed by atoms with van der Waals surface area (Å²) >= 11 is 2.92. The summed E-state index contributed by atoms with van der Waals surface area (Å²) in [7, 11) is 1.60. The number of rotatable bonds is 7. The van der Waals surface area contributed by atoms with Gasteiger partial charge in [0, 0.05) is 16.5 Å². The predicted octanol–water partition coefficient (Wildman–Crippen LogP) is 5.61. The van der Waals surface area contributed by atoms with Crippen LogP contribution in [0.15, 0.2) is 65.0 Å². The molecule has 0 aliphatic carbocycles. The van der Waals surface area contributed by atoms with Crippen LogP contribution in [-0.4, -0.2) is 32.9 Å². The van der Waals surface area contributed by atoms with E-state index in [9.17, 15) is 10.5 Å². The summed E-state index contributed by atoms with van der Waals surface area (Å²) < 4.78 is 6.84. The fourth-order valence-corrected chi connectivity index (χ4v) is 5.14. The van der Waals surface area contributed by atoms with E-state index in [4.69, 9.17) is 9.72 Å². The Bertz CT molecular complexity index is 1630. The van der Waals surface area contributed by atoms with Gasteiger partial charge in [-0.25, -0.2) is 14.5 Å². The van der Waals surface area contributed by atoms with Gasteiger partial charge in [0.05, 0.1) is 25.0 Å². The van der Waals surface area contributed by atoms with E-state index in [2.05, 4.69) is 27.5 Å². The molecule has 0 aliphatic heterocycles. The molecule has 5 aromatic rings. The third-order valence-corrected chi connectivity index (χ3v) is 7.14. The van der Waals surface area contributed by atoms with E-state index < -0.39 is 0 Å². The predicted molar refractivity (Wildman–Crippen MR) is 141 cm³/mol. The maximum Gasteiger partial charge on any atom is 0.177 e. The van der Waals surface area contributed by atoms with Gasteiger partial charge in [-0.1, -0.05) is 30.3 Å². The van der Waals surface area contributed by atoms with Crippen LogP contribution in [0.25, 0.3) is 27.5 Å². The molecule has 0 atom stereocenters. The van der Waals surface area contributed by atoms with Crippen LogP contribution in [-0.2, 0) is 6.54 Å². The van der Waals surface area contributed by atoms with Crippen LogP contribution in [0, 0.1) is 22.7 Å². The van der Waals surface area contributed by atoms with Gasteiger partial charge in [-0.15, -0.1) is 28.2 Å². The number of ether oxygens (including phenoxy) is 1. The van der Waals surface area contributed by atoms with Gasteiger partial charge < -0.3 is 10.1 Å². The van der Waals surface area contributed by atoms with Crippen molar-refractivity contribution in [1.29, 1.82) is 10.5 Å². The molecule has 2 aromatic carbocycles. The average Bonchev–Trinajstić information content (AvgIpc) is 3.55. The molecular weight excluding hydrogens is 490 g/mol. The number of hydrogen-bond acceptors (Lipinski definition) is 9. The van der Waals surface area contributed by atoms with E-state index in [0.717, 1.165) is 21.8 Å². The molecule has 0 amide bonds. The maximum atomic E-state index is 9.99. The van der Waals surface area contributed by atoms with E-state index in [1.165, 1.54) is 11.8 Å². The normalized spacial score (nSPS) is 10.7. The average molecular weight is 510 g/mol. The molecule has 0 saturated carbocycles. The Labute approximate surface area is 215 Å². The van der Waals surface area contributed by atoms with Crippen LogP contribution in [0.4, 0.5) is 5.82 Å². The highest BCUT2D eigenvalue weighted by Gasteiger charge is 2.23. The largest absolute Gasteiger partial charge is 0.497 e. The molecule has 0 radical (unpaired) electrons. The van der Waals surface area contributed by atoms with Crippen molar-refractivity contribution in [3.63, 3.8) is 0 Å². The summed E-state index contributed by atoms with van der Waals surface area (Å²) in [6.07, 6.45) is 1.85. The molecule has 36 heavy (non-hydrogen) atoms. The van der Waals surface area contributed by atoms with Crippen molar-refractivity contribution < 1.29 is 4.74 Å². The maximum absolute atomic E-state index is 9.99. The quantitative estimate of drug-likeness (QED) is 0.223. The van der Waals surface area contributed by atoms with Gasteiger partial charge in [-0.3, -0.25) is 0 Å². The summed E-state index contributed by atoms with van der Waals surface area (Å²) in [6, 6.07) is 21.9. The van der Waals surface area contributed by atoms with Crippen LogP contribution >= 0.6 is 23.1 Å². The molecule has 0 saturated heterocycles. The minimum absolute atomic E-state index is 0.308. The molecule has 0 aliphatic rings. The fourth-order valence-electron chi connectivity index (χ4n) is 3.79. The molecule has 5 rings (SSSR count). The zero-order valence-electron chi connectivity index (χ0n) is 19.4. The molecule has 3 heterocycles. The van der Waals surface area contributed by atoms with Crippen LogP contribution < -0.4 is 10.1 Å². The first-order chi connectivity index (χ1) is 17.7. The molecule has 0 unspecified atom stereocenters. The summed E-state index contributed by atoms with van der Waals surface area (Å²) in [5, 5.41) is 31.3. The van der Waals surface area contributed by atoms with Crippen molar-refractivity contribution >= 4 is 34.6 Å². The van der Waals surface area contributed by atoms with Crippen LogP contribution in [0.1, 0.15) is 16.8 Å². The number of benzene rings is 2. The molecule has 176 valence electrons. The summed E-state index contributed by atoms with van der Waals surface area (Å²) in [5.41, 5.74) is 4.32. The van der Waals surface area contributed by atoms with Gasteiger partial charge in [0.15, 0.2) is 11.5 Å². The number of thiazole rings is 1. The van der Waals surface area contributed by atoms with Gasteiger partial charge in [0.25, 0.3) is 0 Å². The van der Waals surface area contributed by atoms with Crippen LogP contribution in [0.2, 0.25) is 0 Å². The Hall–Kier alpha value is -4.38. The van der Waals surface area contributed by atoms with Gasteiger partial charge in [0.1, 0.15) is 39.0 Å². The molecule has 1 N–H and O–H groups in total. The number of nitriles is 2. The molecule has 0 bridgehead atoms. The number of hydrogen-bond donors (Lipinski definition) is 1. The van der Waals surface area contributed by atoms with Crippen molar-refractivity contribution in [1.82, 2.24) is 19.6 Å². The van der Waals surface area contributed by atoms with E-state index >= 15 is 0 Å². The first-order valence-corrected chi connectivity index (χ1v) is 13.0. The summed E-state index contributed by atoms with van der Waals surface area (Å²) in [4.78, 5) is 9.32. The molecule has 0 fully saturated rings. The molecule has 3 aromatic heterocycles. The lowest BCUT2D eigenvalue weighted by molar-refractivity contribution is 0.415. The van der Waals surface area contributed by atoms with Crippen molar-refractivity contribution in [3.8, 4) is 39.7 Å². The zero-order chi connectivity index (χ0) is 25.1. The second kappa shape index (κ2) is 10.1. The monoisotopic (exact) mass is 509 g/mol. The Morgan fingerprint density at radius 2 is 1.75 bits per heavy atom. The van der Waals surface area contributed by atoms with Crippen molar-refractivity contribution in [2.24, 2.45) is 0 Å². The van der Waals surface area contributed by atoms with E-state index in [1.807, 2.05) is 66.2 Å². The number of aromatic nitrogens is 4. The van der Waals surface area contributed by atoms with Crippen molar-refractivity contribution in [2.45, 2.75) is 11.6 Å². The smallest absolute Gasteiger partial charge is 0.177 e. The standard InChI is InChI=1S/C26H19N7OS2/c1-34-19-10-8-16(9-11-19)22-20(12-27)26(35-2)31-24-21(13-28)23(32-33(22)24)29-14-18-15-36-25(30-18)17-6-4-3-5-7-17/h3-11,15H,14H2,1-2H3,(H,29,32). The molecule has 0 spiro atoms. The number of anilines is 1. The summed E-state index contributed by atoms with van der Waals surface area (Å²) in [6.45, 7) is 0.389. The van der Waals surface area contributed by atoms with Crippen LogP contribution in [0.3, 0.4) is 0 Å². The lowest BCUT2D eigenvalue weighted by Crippen LogP contribution is -2.04. The fraction of sp³-hybridized carbons (Fsp3) is 0.115. The minimum Gasteiger partial charge on any atom is -0.497 e. The number of nitrogens with one attached hydrogen (secondary N) is 1. The highest BCUT2D eigenvalue weighted by Crippen LogP contribution is 2.34. The Balaban J connectivity index is 1.56. The topological polar surface area (TPSA) is 112 Å². The van der Waals surface area contributed by atoms with Gasteiger partial charge in [-0.2, -0.15) is 10.5 Å². The van der Waals surface area contributed by atoms with Crippen molar-refractivity contribution in [3.05, 3.63) is 76.8 Å². The minimum atomic E-state index is 0.308. The number of nitrogens with zero attached hydrogens (tertiary/aromatic N) is 6. The van der Waals surface area contributed by atoms with E-state index in [1.54, 1.807) is 23.0 Å².